The van der Waals surface area contributed by atoms with Gasteiger partial charge in [-0.1, -0.05) is 222 Å². The minimum atomic E-state index is 0. The first-order valence-corrected chi connectivity index (χ1v) is 33.3. The summed E-state index contributed by atoms with van der Waals surface area (Å²) < 4.78 is 0. The van der Waals surface area contributed by atoms with E-state index in [9.17, 15) is 0 Å². The molecule has 13 rings (SSSR count). The molecule has 0 aromatic heterocycles. The fraction of sp³-hybridized carbons (Fsp3) is 0.532. The van der Waals surface area contributed by atoms with Gasteiger partial charge < -0.3 is 31.9 Å². The Morgan fingerprint density at radius 1 is 0.417 bits per heavy atom. The van der Waals surface area contributed by atoms with Gasteiger partial charge in [-0.05, 0) is 157 Å². The summed E-state index contributed by atoms with van der Waals surface area (Å²) in [6.45, 7) is 20.3. The molecule has 0 heterocycles. The van der Waals surface area contributed by atoms with Gasteiger partial charge in [0, 0.05) is 95.3 Å². The highest BCUT2D eigenvalue weighted by Crippen LogP contribution is 2.65. The highest BCUT2D eigenvalue weighted by atomic mass is 32.1. The number of nitrogens with one attached hydrogen (secondary N) is 6. The molecule has 0 aliphatic heterocycles. The molecule has 452 valence electrons. The summed E-state index contributed by atoms with van der Waals surface area (Å²) >= 11 is 0. The minimum absolute atomic E-state index is 0. The van der Waals surface area contributed by atoms with Crippen molar-refractivity contribution in [3.05, 3.63) is 215 Å². The molecule has 6 nitrogen and oxygen atoms in total. The first-order chi connectivity index (χ1) is 40.7. The van der Waals surface area contributed by atoms with Crippen molar-refractivity contribution in [1.82, 2.24) is 31.9 Å². The Morgan fingerprint density at radius 3 is 1.13 bits per heavy atom. The van der Waals surface area contributed by atoms with Crippen molar-refractivity contribution in [2.45, 2.75) is 147 Å². The molecule has 7 heteroatoms. The number of hydrogen-bond donors (Lipinski definition) is 6. The van der Waals surface area contributed by atoms with Gasteiger partial charge >= 0.3 is 0 Å². The van der Waals surface area contributed by atoms with Crippen LogP contribution in [-0.2, 0) is 0 Å². The van der Waals surface area contributed by atoms with E-state index in [1.807, 2.05) is 0 Å². The molecule has 6 N–H and O–H groups in total. The molecule has 0 spiro atoms. The van der Waals surface area contributed by atoms with Crippen molar-refractivity contribution in [1.29, 1.82) is 0 Å². The molecule has 6 bridgehead atoms. The van der Waals surface area contributed by atoms with E-state index < -0.39 is 0 Å². The van der Waals surface area contributed by atoms with Crippen molar-refractivity contribution in [2.75, 3.05) is 65.4 Å². The summed E-state index contributed by atoms with van der Waals surface area (Å²) in [6, 6.07) is 66.6. The maximum Gasteiger partial charge on any atom is 0.0214 e. The van der Waals surface area contributed by atoms with Gasteiger partial charge in [-0.3, -0.25) is 0 Å². The van der Waals surface area contributed by atoms with Gasteiger partial charge in [0.1, 0.15) is 0 Å². The number of benzene rings is 6. The lowest BCUT2D eigenvalue weighted by atomic mass is 9.49. The van der Waals surface area contributed by atoms with E-state index >= 15 is 0 Å². The van der Waals surface area contributed by atoms with Gasteiger partial charge in [0.05, 0.1) is 0 Å². The van der Waals surface area contributed by atoms with E-state index in [0.29, 0.717) is 46.1 Å². The maximum absolute atomic E-state index is 3.90. The van der Waals surface area contributed by atoms with Gasteiger partial charge in [0.25, 0.3) is 0 Å². The molecule has 6 aromatic rings. The average molecular weight is 1150 g/mol. The SMILES string of the molecule is CC1(C)C2CCC1(C)C(NCCNCC(c1ccccc1)c1ccccc1)C2.C[C@H](NCCNCC(c1ccccc1)c1ccccc1)C1CCCCC1.S.c1ccc(C(CNCCNCC23CC4CC(CC(C4)C2)C3)c2ccccc2)cc1. The second-order valence-electron chi connectivity index (χ2n) is 27.6. The van der Waals surface area contributed by atoms with Gasteiger partial charge in [-0.15, -0.1) is 0 Å². The Bertz CT molecular complexity index is 2580. The fourth-order valence-corrected chi connectivity index (χ4v) is 17.2. The zero-order valence-electron chi connectivity index (χ0n) is 52.1. The fourth-order valence-electron chi connectivity index (χ4n) is 17.2. The third-order valence-electron chi connectivity index (χ3n) is 22.0. The van der Waals surface area contributed by atoms with Crippen LogP contribution in [0.1, 0.15) is 169 Å². The second-order valence-corrected chi connectivity index (χ2v) is 27.6. The Labute approximate surface area is 516 Å². The predicted octanol–water partition coefficient (Wildman–Crippen LogP) is 15.5. The zero-order chi connectivity index (χ0) is 57.2. The van der Waals surface area contributed by atoms with Gasteiger partial charge in [0.15, 0.2) is 0 Å². The molecule has 7 aliphatic rings. The molecule has 7 saturated carbocycles. The average Bonchev–Trinajstić information content (AvgIpc) is 2.61. The predicted molar refractivity (Wildman–Crippen MR) is 362 cm³/mol. The van der Waals surface area contributed by atoms with Gasteiger partial charge in [0.2, 0.25) is 0 Å². The summed E-state index contributed by atoms with van der Waals surface area (Å²) in [7, 11) is 0. The van der Waals surface area contributed by atoms with Crippen LogP contribution in [0.3, 0.4) is 0 Å². The van der Waals surface area contributed by atoms with E-state index in [1.54, 1.807) is 19.3 Å². The quantitative estimate of drug-likeness (QED) is 0.0304. The molecule has 84 heavy (non-hydrogen) atoms. The lowest BCUT2D eigenvalue weighted by Gasteiger charge is -2.57. The number of rotatable bonds is 26. The lowest BCUT2D eigenvalue weighted by molar-refractivity contribution is -0.0511. The Kier molecular flexibility index (Phi) is 24.3. The van der Waals surface area contributed by atoms with E-state index in [2.05, 4.69) is 242 Å². The molecule has 7 fully saturated rings. The number of hydrogen-bond acceptors (Lipinski definition) is 6. The summed E-state index contributed by atoms with van der Waals surface area (Å²) in [5, 5.41) is 22.6. The third-order valence-corrected chi connectivity index (χ3v) is 22.0. The largest absolute Gasteiger partial charge is 0.315 e. The topological polar surface area (TPSA) is 72.2 Å². The summed E-state index contributed by atoms with van der Waals surface area (Å²) in [5.74, 6) is 6.18. The van der Waals surface area contributed by atoms with Crippen LogP contribution >= 0.6 is 13.5 Å². The Hall–Kier alpha value is -4.57. The highest BCUT2D eigenvalue weighted by molar-refractivity contribution is 7.59. The lowest BCUT2D eigenvalue weighted by Crippen LogP contribution is -2.50. The van der Waals surface area contributed by atoms with E-state index in [-0.39, 0.29) is 13.5 Å². The Morgan fingerprint density at radius 2 is 0.774 bits per heavy atom. The maximum atomic E-state index is 3.90. The normalized spacial score (nSPS) is 25.0. The second kappa shape index (κ2) is 31.9. The molecule has 0 saturated heterocycles. The van der Waals surface area contributed by atoms with Crippen LogP contribution in [0.25, 0.3) is 0 Å². The first kappa shape index (κ1) is 63.9. The molecule has 4 atom stereocenters. The minimum Gasteiger partial charge on any atom is -0.315 e. The summed E-state index contributed by atoms with van der Waals surface area (Å²) in [6.07, 6.45) is 20.4. The van der Waals surface area contributed by atoms with Crippen molar-refractivity contribution in [3.8, 4) is 0 Å². The van der Waals surface area contributed by atoms with Crippen LogP contribution in [0.4, 0.5) is 0 Å². The van der Waals surface area contributed by atoms with Crippen LogP contribution in [0.5, 0.6) is 0 Å². The van der Waals surface area contributed by atoms with Crippen LogP contribution < -0.4 is 31.9 Å². The molecule has 7 aliphatic carbocycles. The van der Waals surface area contributed by atoms with Crippen LogP contribution in [-0.4, -0.2) is 77.5 Å². The van der Waals surface area contributed by atoms with Gasteiger partial charge in [-0.25, -0.2) is 0 Å². The molecule has 3 unspecified atom stereocenters. The summed E-state index contributed by atoms with van der Waals surface area (Å²) in [4.78, 5) is 0. The monoisotopic (exact) mass is 1150 g/mol. The third kappa shape index (κ3) is 16.9. The number of fused-ring (bicyclic) bond motifs is 2. The Balaban J connectivity index is 0.000000151. The smallest absolute Gasteiger partial charge is 0.0214 e. The molecule has 0 radical (unpaired) electrons. The zero-order valence-corrected chi connectivity index (χ0v) is 53.1. The standard InChI is InChI=1S/C27H36N2.C26H36N2.C24H34N2.H2S/c1-3-7-24(8-4-1)26(25-9-5-2-6-10-25)19-28-11-12-29-20-27-16-21-13-22(17-27)15-23(14-21)18-27;1-25(2)22-14-15-26(25,3)24(18-22)28-17-16-27-19-23(20-10-6-4-7-11-20)21-12-8-5-9-13-21;1-20(21-11-5-2-6-12-21)26-18-17-25-19-24(22-13-7-3-8-14-22)23-15-9-4-10-16-23;/h1-10,21-23,26,28-29H,11-20H2;4-13,22-24,27-28H,14-19H2,1-3H3;3-4,7-10,13-16,20-21,24-26H,2,5-6,11-12,17-19H2,1H3;1H2/t;;20-;/m..0./s1. The van der Waals surface area contributed by atoms with Crippen LogP contribution in [0.15, 0.2) is 182 Å². The van der Waals surface area contributed by atoms with Crippen molar-refractivity contribution in [3.63, 3.8) is 0 Å². The van der Waals surface area contributed by atoms with E-state index in [4.69, 9.17) is 0 Å². The van der Waals surface area contributed by atoms with Crippen molar-refractivity contribution in [2.24, 2.45) is 45.8 Å². The molecule has 0 amide bonds. The molecule has 6 aromatic carbocycles. The van der Waals surface area contributed by atoms with Crippen LogP contribution in [0, 0.1) is 45.8 Å². The van der Waals surface area contributed by atoms with Crippen molar-refractivity contribution < 1.29 is 0 Å². The summed E-state index contributed by atoms with van der Waals surface area (Å²) in [5.41, 5.74) is 9.93. The van der Waals surface area contributed by atoms with Crippen LogP contribution in [0.2, 0.25) is 0 Å². The molecular formula is C77H108N6S. The van der Waals surface area contributed by atoms with Gasteiger partial charge in [-0.2, -0.15) is 13.5 Å². The van der Waals surface area contributed by atoms with E-state index in [0.717, 1.165) is 88.5 Å². The van der Waals surface area contributed by atoms with E-state index in [1.165, 1.54) is 111 Å². The van der Waals surface area contributed by atoms with Crippen molar-refractivity contribution >= 4 is 13.5 Å². The highest BCUT2D eigenvalue weighted by Gasteiger charge is 2.61. The molecular weight excluding hydrogens is 1040 g/mol. The first-order valence-electron chi connectivity index (χ1n) is 33.3.